The molecule has 0 radical (unpaired) electrons. The van der Waals surface area contributed by atoms with Gasteiger partial charge in [0.25, 0.3) is 5.78 Å². The Hall–Kier alpha value is -4.64. The number of aromatic nitrogens is 1. The van der Waals surface area contributed by atoms with E-state index in [4.69, 9.17) is 18.9 Å². The molecule has 0 aliphatic carbocycles. The third kappa shape index (κ3) is 6.01. The molecule has 1 atom stereocenters. The molecule has 0 unspecified atom stereocenters. The van der Waals surface area contributed by atoms with E-state index in [-0.39, 0.29) is 27.9 Å². The predicted molar refractivity (Wildman–Crippen MR) is 159 cm³/mol. The molecule has 1 amide bonds. The van der Waals surface area contributed by atoms with Gasteiger partial charge in [-0.25, -0.2) is 9.78 Å². The van der Waals surface area contributed by atoms with Crippen molar-refractivity contribution in [1.29, 1.82) is 0 Å². The molecule has 0 spiro atoms. The number of esters is 1. The maximum absolute atomic E-state index is 13.6. The number of unbranched alkanes of at least 4 members (excludes halogenated alkanes) is 1. The van der Waals surface area contributed by atoms with E-state index in [2.05, 4.69) is 18.5 Å². The smallest absolute Gasteiger partial charge is 0.350 e. The van der Waals surface area contributed by atoms with E-state index < -0.39 is 23.7 Å². The van der Waals surface area contributed by atoms with Crippen molar-refractivity contribution in [3.05, 3.63) is 82.4 Å². The van der Waals surface area contributed by atoms with E-state index in [0.717, 1.165) is 24.2 Å². The molecule has 4 rings (SSSR count). The van der Waals surface area contributed by atoms with E-state index in [1.807, 2.05) is 0 Å². The van der Waals surface area contributed by atoms with Crippen LogP contribution in [0.3, 0.4) is 0 Å². The number of nitrogens with zero attached hydrogens (tertiary/aromatic N) is 2. The van der Waals surface area contributed by atoms with Crippen molar-refractivity contribution in [2.24, 2.45) is 0 Å². The zero-order valence-corrected chi connectivity index (χ0v) is 24.7. The number of Topliss-reactive ketones (excluding diaryl/α,β-unsaturated/α-hetero) is 1. The number of aryl methyl sites for hydroxylation is 1. The van der Waals surface area contributed by atoms with Gasteiger partial charge < -0.3 is 24.1 Å². The summed E-state index contributed by atoms with van der Waals surface area (Å²) in [5.74, 6) is -1.39. The van der Waals surface area contributed by atoms with Gasteiger partial charge in [0.05, 0.1) is 38.1 Å². The van der Waals surface area contributed by atoms with Gasteiger partial charge >= 0.3 is 11.9 Å². The molecule has 0 bridgehead atoms. The van der Waals surface area contributed by atoms with Gasteiger partial charge in [0, 0.05) is 5.56 Å². The maximum atomic E-state index is 13.6. The van der Waals surface area contributed by atoms with Gasteiger partial charge in [-0.2, -0.15) is 0 Å². The van der Waals surface area contributed by atoms with Gasteiger partial charge in [-0.1, -0.05) is 43.4 Å². The Morgan fingerprint density at radius 3 is 2.48 bits per heavy atom. The summed E-state index contributed by atoms with van der Waals surface area (Å²) in [4.78, 5) is 45.5. The summed E-state index contributed by atoms with van der Waals surface area (Å²) in [5, 5.41) is 11.6. The minimum absolute atomic E-state index is 0.00406. The number of hydrogen-bond donors (Lipinski definition) is 1. The fourth-order valence-electron chi connectivity index (χ4n) is 4.44. The SMILES string of the molecule is C=CCOC(=O)c1sc(N2C(=O)C(=O)C(=C(O)c3ccc(OCCCC)cc3)[C@@H]2c2ccc(OC)c(OC)c2)nc1C. The number of amides is 1. The molecule has 3 aromatic rings. The largest absolute Gasteiger partial charge is 0.507 e. The van der Waals surface area contributed by atoms with Crippen LogP contribution in [0.1, 0.15) is 52.3 Å². The third-order valence-electron chi connectivity index (χ3n) is 6.57. The Labute approximate surface area is 247 Å². The average molecular weight is 593 g/mol. The Balaban J connectivity index is 1.85. The lowest BCUT2D eigenvalue weighted by Gasteiger charge is -2.23. The fraction of sp³-hybridized carbons (Fsp3) is 0.290. The molecular weight excluding hydrogens is 560 g/mol. The van der Waals surface area contributed by atoms with E-state index in [1.54, 1.807) is 49.4 Å². The van der Waals surface area contributed by atoms with Gasteiger partial charge in [0.2, 0.25) is 0 Å². The Bertz CT molecular complexity index is 1530. The topological polar surface area (TPSA) is 124 Å². The molecule has 220 valence electrons. The molecule has 1 aliphatic heterocycles. The molecule has 10 nitrogen and oxygen atoms in total. The molecular formula is C31H32N2O8S. The van der Waals surface area contributed by atoms with Crippen molar-refractivity contribution in [3.8, 4) is 17.2 Å². The van der Waals surface area contributed by atoms with Crippen LogP contribution in [0, 0.1) is 6.92 Å². The molecule has 0 saturated carbocycles. The van der Waals surface area contributed by atoms with Crippen molar-refractivity contribution in [2.75, 3.05) is 32.3 Å². The van der Waals surface area contributed by atoms with Crippen molar-refractivity contribution < 1.29 is 38.4 Å². The molecule has 1 saturated heterocycles. The number of aliphatic hydroxyl groups is 1. The Kier molecular flexibility index (Phi) is 9.64. The third-order valence-corrected chi connectivity index (χ3v) is 7.71. The lowest BCUT2D eigenvalue weighted by molar-refractivity contribution is -0.132. The first-order valence-electron chi connectivity index (χ1n) is 13.3. The van der Waals surface area contributed by atoms with Crippen LogP contribution in [0.4, 0.5) is 5.13 Å². The van der Waals surface area contributed by atoms with Gasteiger partial charge in [0.15, 0.2) is 16.6 Å². The van der Waals surface area contributed by atoms with E-state index >= 15 is 0 Å². The first kappa shape index (κ1) is 30.3. The van der Waals surface area contributed by atoms with E-state index in [0.29, 0.717) is 40.7 Å². The summed E-state index contributed by atoms with van der Waals surface area (Å²) in [6.07, 6.45) is 3.33. The van der Waals surface area contributed by atoms with Crippen LogP contribution in [-0.2, 0) is 14.3 Å². The monoisotopic (exact) mass is 592 g/mol. The summed E-state index contributed by atoms with van der Waals surface area (Å²) >= 11 is 0.914. The van der Waals surface area contributed by atoms with Crippen molar-refractivity contribution in [1.82, 2.24) is 4.98 Å². The summed E-state index contributed by atoms with van der Waals surface area (Å²) in [7, 11) is 2.96. The normalized spacial score (nSPS) is 15.9. The van der Waals surface area contributed by atoms with Gasteiger partial charge in [0.1, 0.15) is 23.0 Å². The summed E-state index contributed by atoms with van der Waals surface area (Å²) in [6.45, 7) is 7.78. The number of carbonyl (C=O) groups is 3. The van der Waals surface area contributed by atoms with Gasteiger partial charge in [-0.3, -0.25) is 14.5 Å². The zero-order chi connectivity index (χ0) is 30.4. The van der Waals surface area contributed by atoms with Crippen LogP contribution < -0.4 is 19.1 Å². The van der Waals surface area contributed by atoms with Crippen molar-refractivity contribution in [3.63, 3.8) is 0 Å². The van der Waals surface area contributed by atoms with Gasteiger partial charge in [-0.05, 0) is 55.3 Å². The average Bonchev–Trinajstić information content (AvgIpc) is 3.51. The highest BCUT2D eigenvalue weighted by molar-refractivity contribution is 7.17. The Morgan fingerprint density at radius 1 is 1.12 bits per heavy atom. The molecule has 1 aromatic heterocycles. The number of carbonyl (C=O) groups excluding carboxylic acids is 3. The quantitative estimate of drug-likeness (QED) is 0.0713. The number of hydrogen-bond acceptors (Lipinski definition) is 10. The number of thiazole rings is 1. The number of ether oxygens (including phenoxy) is 4. The number of rotatable bonds is 12. The van der Waals surface area contributed by atoms with Crippen LogP contribution in [0.15, 0.2) is 60.7 Å². The van der Waals surface area contributed by atoms with Crippen molar-refractivity contribution in [2.45, 2.75) is 32.7 Å². The van der Waals surface area contributed by atoms with Crippen LogP contribution in [0.25, 0.3) is 5.76 Å². The molecule has 42 heavy (non-hydrogen) atoms. The number of methoxy groups -OCH3 is 2. The highest BCUT2D eigenvalue weighted by atomic mass is 32.1. The van der Waals surface area contributed by atoms with Crippen LogP contribution in [0.2, 0.25) is 0 Å². The number of anilines is 1. The first-order chi connectivity index (χ1) is 20.2. The van der Waals surface area contributed by atoms with Crippen molar-refractivity contribution >= 4 is 39.9 Å². The minimum Gasteiger partial charge on any atom is -0.507 e. The Morgan fingerprint density at radius 2 is 1.83 bits per heavy atom. The number of aliphatic hydroxyl groups excluding tert-OH is 1. The standard InChI is InChI=1S/C31H32N2O8S/c1-6-8-16-40-21-12-9-19(10-13-21)26(34)24-25(20-11-14-22(38-4)23(17-20)39-5)33(29(36)27(24)35)31-32-18(3)28(42-31)30(37)41-15-7-2/h7,9-14,17,25,34H,2,6,8,15-16H2,1,3-5H3/t25-/m0/s1. The molecule has 1 aliphatic rings. The number of benzene rings is 2. The molecule has 1 fully saturated rings. The molecule has 2 heterocycles. The summed E-state index contributed by atoms with van der Waals surface area (Å²) in [6, 6.07) is 10.5. The molecule has 1 N–H and O–H groups in total. The van der Waals surface area contributed by atoms with E-state index in [9.17, 15) is 19.5 Å². The van der Waals surface area contributed by atoms with Gasteiger partial charge in [-0.15, -0.1) is 0 Å². The lowest BCUT2D eigenvalue weighted by atomic mass is 9.95. The second-order valence-corrected chi connectivity index (χ2v) is 10.3. The van der Waals surface area contributed by atoms with E-state index in [1.165, 1.54) is 25.2 Å². The summed E-state index contributed by atoms with van der Waals surface area (Å²) < 4.78 is 21.7. The summed E-state index contributed by atoms with van der Waals surface area (Å²) in [5.41, 5.74) is 0.966. The second kappa shape index (κ2) is 13.3. The predicted octanol–water partition coefficient (Wildman–Crippen LogP) is 5.62. The van der Waals surface area contributed by atoms with Crippen LogP contribution in [0.5, 0.6) is 17.2 Å². The minimum atomic E-state index is -1.09. The molecule has 11 heteroatoms. The van der Waals surface area contributed by atoms with Crippen LogP contribution in [-0.4, -0.2) is 55.2 Å². The maximum Gasteiger partial charge on any atom is 0.350 e. The fourth-order valence-corrected chi connectivity index (χ4v) is 5.43. The highest BCUT2D eigenvalue weighted by Crippen LogP contribution is 2.45. The second-order valence-electron chi connectivity index (χ2n) is 9.31. The first-order valence-corrected chi connectivity index (χ1v) is 14.1. The zero-order valence-electron chi connectivity index (χ0n) is 23.8. The van der Waals surface area contributed by atoms with Crippen LogP contribution >= 0.6 is 11.3 Å². The number of ketones is 1. The molecule has 2 aromatic carbocycles. The lowest BCUT2D eigenvalue weighted by Crippen LogP contribution is -2.29. The highest BCUT2D eigenvalue weighted by Gasteiger charge is 2.48.